The van der Waals surface area contributed by atoms with E-state index < -0.39 is 0 Å². The lowest BCUT2D eigenvalue weighted by Gasteiger charge is -2.04. The third-order valence-corrected chi connectivity index (χ3v) is 1.86. The van der Waals surface area contributed by atoms with Gasteiger partial charge in [0.25, 0.3) is 5.56 Å². The third kappa shape index (κ3) is 3.19. The fraction of sp³-hybridized carbons (Fsp3) is 0.556. The monoisotopic (exact) mass is 200 g/mol. The van der Waals surface area contributed by atoms with E-state index in [1.54, 1.807) is 0 Å². The minimum Gasteiger partial charge on any atom is -0.311 e. The Kier molecular flexibility index (Phi) is 3.48. The Morgan fingerprint density at radius 2 is 2.31 bits per heavy atom. The van der Waals surface area contributed by atoms with Crippen molar-refractivity contribution in [2.24, 2.45) is 5.92 Å². The molecule has 0 aliphatic heterocycles. The maximum Gasteiger partial charge on any atom is 0.251 e. The van der Waals surface area contributed by atoms with E-state index in [1.165, 1.54) is 6.07 Å². The third-order valence-electron chi connectivity index (χ3n) is 1.58. The van der Waals surface area contributed by atoms with Crippen LogP contribution in [0, 0.1) is 5.92 Å². The average Bonchev–Trinajstić information content (AvgIpc) is 2.01. The van der Waals surface area contributed by atoms with Crippen LogP contribution in [0.15, 0.2) is 10.9 Å². The molecule has 0 aliphatic carbocycles. The summed E-state index contributed by atoms with van der Waals surface area (Å²) in [5.74, 6) is 1.49. The number of aromatic nitrogens is 2. The molecule has 1 N–H and O–H groups in total. The van der Waals surface area contributed by atoms with Crippen molar-refractivity contribution in [3.8, 4) is 0 Å². The molecule has 13 heavy (non-hydrogen) atoms. The fourth-order valence-corrected chi connectivity index (χ4v) is 1.25. The van der Waals surface area contributed by atoms with E-state index in [2.05, 4.69) is 23.8 Å². The van der Waals surface area contributed by atoms with Crippen LogP contribution in [-0.2, 0) is 12.3 Å². The highest BCUT2D eigenvalue weighted by atomic mass is 35.5. The van der Waals surface area contributed by atoms with Gasteiger partial charge < -0.3 is 4.98 Å². The summed E-state index contributed by atoms with van der Waals surface area (Å²) in [6.07, 6.45) is 0.778. The molecule has 0 radical (unpaired) electrons. The zero-order chi connectivity index (χ0) is 9.84. The van der Waals surface area contributed by atoms with Gasteiger partial charge in [-0.15, -0.1) is 11.6 Å². The highest BCUT2D eigenvalue weighted by molar-refractivity contribution is 6.16. The molecule has 0 spiro atoms. The summed E-state index contributed by atoms with van der Waals surface area (Å²) in [5, 5.41) is 0. The summed E-state index contributed by atoms with van der Waals surface area (Å²) in [7, 11) is 0. The normalized spacial score (nSPS) is 10.8. The summed E-state index contributed by atoms with van der Waals surface area (Å²) >= 11 is 5.59. The Balaban J connectivity index is 2.95. The summed E-state index contributed by atoms with van der Waals surface area (Å²) in [5.41, 5.74) is 0.516. The molecular formula is C9H13ClN2O. The topological polar surface area (TPSA) is 45.8 Å². The molecular weight excluding hydrogens is 188 g/mol. The van der Waals surface area contributed by atoms with Gasteiger partial charge in [-0.3, -0.25) is 4.79 Å². The molecule has 0 atom stereocenters. The van der Waals surface area contributed by atoms with Crippen molar-refractivity contribution < 1.29 is 0 Å². The molecule has 0 saturated carbocycles. The van der Waals surface area contributed by atoms with Crippen molar-refractivity contribution in [1.29, 1.82) is 0 Å². The number of nitrogens with zero attached hydrogens (tertiary/aromatic N) is 1. The van der Waals surface area contributed by atoms with Crippen LogP contribution in [0.4, 0.5) is 0 Å². The molecule has 1 aromatic heterocycles. The van der Waals surface area contributed by atoms with Crippen LogP contribution in [0.1, 0.15) is 25.4 Å². The van der Waals surface area contributed by atoms with Gasteiger partial charge in [0, 0.05) is 12.5 Å². The molecule has 0 aliphatic rings. The maximum absolute atomic E-state index is 11.1. The lowest BCUT2D eigenvalue weighted by molar-refractivity contribution is 0.616. The summed E-state index contributed by atoms with van der Waals surface area (Å²) < 4.78 is 0. The van der Waals surface area contributed by atoms with Gasteiger partial charge in [-0.25, -0.2) is 4.98 Å². The smallest absolute Gasteiger partial charge is 0.251 e. The van der Waals surface area contributed by atoms with Crippen LogP contribution in [0.2, 0.25) is 0 Å². The Morgan fingerprint density at radius 3 is 2.85 bits per heavy atom. The quantitative estimate of drug-likeness (QED) is 0.756. The summed E-state index contributed by atoms with van der Waals surface area (Å²) in [4.78, 5) is 18.0. The van der Waals surface area contributed by atoms with E-state index in [-0.39, 0.29) is 11.4 Å². The average molecular weight is 201 g/mol. The van der Waals surface area contributed by atoms with Gasteiger partial charge in [-0.05, 0) is 5.92 Å². The van der Waals surface area contributed by atoms with Crippen LogP contribution in [0.5, 0.6) is 0 Å². The van der Waals surface area contributed by atoms with Gasteiger partial charge in [0.2, 0.25) is 0 Å². The maximum atomic E-state index is 11.1. The molecule has 4 heteroatoms. The molecule has 3 nitrogen and oxygen atoms in total. The molecule has 1 rings (SSSR count). The minimum atomic E-state index is -0.124. The Morgan fingerprint density at radius 1 is 1.62 bits per heavy atom. The molecule has 0 unspecified atom stereocenters. The number of aromatic amines is 1. The van der Waals surface area contributed by atoms with Crippen molar-refractivity contribution >= 4 is 11.6 Å². The summed E-state index contributed by atoms with van der Waals surface area (Å²) in [6.45, 7) is 4.15. The highest BCUT2D eigenvalue weighted by Gasteiger charge is 2.02. The number of alkyl halides is 1. The second kappa shape index (κ2) is 4.42. The SMILES string of the molecule is CC(C)Cc1nc(CCl)cc(=O)[nH]1. The molecule has 0 bridgehead atoms. The van der Waals surface area contributed by atoms with E-state index in [0.717, 1.165) is 12.2 Å². The second-order valence-electron chi connectivity index (χ2n) is 3.42. The first-order valence-corrected chi connectivity index (χ1v) is 4.80. The number of halogens is 1. The second-order valence-corrected chi connectivity index (χ2v) is 3.68. The largest absolute Gasteiger partial charge is 0.311 e. The lowest BCUT2D eigenvalue weighted by atomic mass is 10.1. The van der Waals surface area contributed by atoms with Crippen LogP contribution >= 0.6 is 11.6 Å². The zero-order valence-corrected chi connectivity index (χ0v) is 8.56. The van der Waals surface area contributed by atoms with Crippen molar-refractivity contribution in [1.82, 2.24) is 9.97 Å². The number of H-pyrrole nitrogens is 1. The Labute approximate surface area is 82.2 Å². The van der Waals surface area contributed by atoms with E-state index in [9.17, 15) is 4.79 Å². The Bertz CT molecular complexity index is 333. The van der Waals surface area contributed by atoms with E-state index >= 15 is 0 Å². The molecule has 0 aromatic carbocycles. The number of hydrogen-bond donors (Lipinski definition) is 1. The van der Waals surface area contributed by atoms with Gasteiger partial charge >= 0.3 is 0 Å². The van der Waals surface area contributed by atoms with Crippen molar-refractivity contribution in [2.75, 3.05) is 0 Å². The van der Waals surface area contributed by atoms with Crippen LogP contribution in [0.25, 0.3) is 0 Å². The highest BCUT2D eigenvalue weighted by Crippen LogP contribution is 2.02. The first kappa shape index (κ1) is 10.3. The van der Waals surface area contributed by atoms with Gasteiger partial charge in [-0.1, -0.05) is 13.8 Å². The molecule has 0 saturated heterocycles. The van der Waals surface area contributed by atoms with E-state index in [0.29, 0.717) is 11.6 Å². The number of hydrogen-bond acceptors (Lipinski definition) is 2. The molecule has 1 aromatic rings. The Hall–Kier alpha value is -0.830. The number of nitrogens with one attached hydrogen (secondary N) is 1. The van der Waals surface area contributed by atoms with Crippen molar-refractivity contribution in [2.45, 2.75) is 26.1 Å². The molecule has 1 heterocycles. The first-order valence-electron chi connectivity index (χ1n) is 4.27. The first-order chi connectivity index (χ1) is 6.11. The van der Waals surface area contributed by atoms with Gasteiger partial charge in [-0.2, -0.15) is 0 Å². The van der Waals surface area contributed by atoms with E-state index in [1.807, 2.05) is 0 Å². The molecule has 0 amide bonds. The van der Waals surface area contributed by atoms with Gasteiger partial charge in [0.15, 0.2) is 0 Å². The lowest BCUT2D eigenvalue weighted by Crippen LogP contribution is -2.13. The van der Waals surface area contributed by atoms with E-state index in [4.69, 9.17) is 11.6 Å². The number of rotatable bonds is 3. The van der Waals surface area contributed by atoms with Gasteiger partial charge in [0.05, 0.1) is 11.6 Å². The fourth-order valence-electron chi connectivity index (χ4n) is 1.12. The van der Waals surface area contributed by atoms with Crippen LogP contribution < -0.4 is 5.56 Å². The minimum absolute atomic E-state index is 0.124. The van der Waals surface area contributed by atoms with Crippen LogP contribution in [-0.4, -0.2) is 9.97 Å². The predicted octanol–water partition coefficient (Wildman–Crippen LogP) is 1.71. The molecule has 72 valence electrons. The predicted molar refractivity (Wildman–Crippen MR) is 53.0 cm³/mol. The summed E-state index contributed by atoms with van der Waals surface area (Å²) in [6, 6.07) is 1.43. The van der Waals surface area contributed by atoms with Gasteiger partial charge in [0.1, 0.15) is 5.82 Å². The van der Waals surface area contributed by atoms with Crippen LogP contribution in [0.3, 0.4) is 0 Å². The van der Waals surface area contributed by atoms with Crippen molar-refractivity contribution in [3.05, 3.63) is 27.9 Å². The zero-order valence-electron chi connectivity index (χ0n) is 7.80. The standard InChI is InChI=1S/C9H13ClN2O/c1-6(2)3-8-11-7(5-10)4-9(13)12-8/h4,6H,3,5H2,1-2H3,(H,11,12,13). The molecule has 0 fully saturated rings. The van der Waals surface area contributed by atoms with Crippen molar-refractivity contribution in [3.63, 3.8) is 0 Å².